The summed E-state index contributed by atoms with van der Waals surface area (Å²) >= 11 is 0. The first-order valence-corrected chi connectivity index (χ1v) is 6.26. The lowest BCUT2D eigenvalue weighted by atomic mass is 10.1. The van der Waals surface area contributed by atoms with E-state index in [1.165, 1.54) is 24.3 Å². The van der Waals surface area contributed by atoms with Gasteiger partial charge in [0.25, 0.3) is 5.69 Å². The van der Waals surface area contributed by atoms with E-state index < -0.39 is 16.7 Å². The molecule has 108 valence electrons. The van der Waals surface area contributed by atoms with Gasteiger partial charge in [-0.25, -0.2) is 0 Å². The van der Waals surface area contributed by atoms with Crippen molar-refractivity contribution in [3.05, 3.63) is 70.3 Å². The van der Waals surface area contributed by atoms with E-state index in [0.717, 1.165) is 0 Å². The van der Waals surface area contributed by atoms with Crippen molar-refractivity contribution in [1.29, 1.82) is 5.26 Å². The number of benzene rings is 2. The first-order valence-electron chi connectivity index (χ1n) is 6.26. The van der Waals surface area contributed by atoms with Crippen molar-refractivity contribution in [2.75, 3.05) is 0 Å². The van der Waals surface area contributed by atoms with Gasteiger partial charge in [-0.05, 0) is 12.1 Å². The van der Waals surface area contributed by atoms with Crippen LogP contribution in [0.25, 0.3) is 0 Å². The van der Waals surface area contributed by atoms with Gasteiger partial charge in [0.1, 0.15) is 0 Å². The number of carbonyl (C=O) groups excluding carboxylic acids is 1. The minimum Gasteiger partial charge on any atom is -0.290 e. The summed E-state index contributed by atoms with van der Waals surface area (Å²) < 4.78 is 0. The predicted molar refractivity (Wildman–Crippen MR) is 77.8 cm³/mol. The van der Waals surface area contributed by atoms with Crippen LogP contribution in [0.15, 0.2) is 64.8 Å². The third-order valence-corrected chi connectivity index (χ3v) is 2.78. The Morgan fingerprint density at radius 2 is 1.77 bits per heavy atom. The summed E-state index contributed by atoms with van der Waals surface area (Å²) in [5.41, 5.74) is 0.625. The maximum Gasteiger partial charge on any atom is 0.269 e. The van der Waals surface area contributed by atoms with Gasteiger partial charge in [-0.3, -0.25) is 14.9 Å². The first-order chi connectivity index (χ1) is 10.6. The Kier molecular flexibility index (Phi) is 4.67. The third kappa shape index (κ3) is 3.58. The van der Waals surface area contributed by atoms with Crippen LogP contribution in [0.5, 0.6) is 0 Å². The smallest absolute Gasteiger partial charge is 0.269 e. The van der Waals surface area contributed by atoms with Crippen molar-refractivity contribution in [2.45, 2.75) is 6.04 Å². The molecule has 0 heterocycles. The van der Waals surface area contributed by atoms with Crippen molar-refractivity contribution in [1.82, 2.24) is 0 Å². The molecule has 0 saturated heterocycles. The molecule has 0 aliphatic rings. The number of nitro benzene ring substituents is 1. The number of nitrogens with zero attached hydrogens (tertiary/aromatic N) is 4. The van der Waals surface area contributed by atoms with E-state index >= 15 is 0 Å². The normalized spacial score (nSPS) is 11.8. The van der Waals surface area contributed by atoms with Crippen LogP contribution >= 0.6 is 0 Å². The van der Waals surface area contributed by atoms with Gasteiger partial charge < -0.3 is 0 Å². The summed E-state index contributed by atoms with van der Waals surface area (Å²) in [7, 11) is 0. The Morgan fingerprint density at radius 3 is 2.32 bits per heavy atom. The molecule has 2 aromatic carbocycles. The summed E-state index contributed by atoms with van der Waals surface area (Å²) in [5.74, 6) is -0.450. The number of ketones is 1. The van der Waals surface area contributed by atoms with E-state index in [9.17, 15) is 14.9 Å². The monoisotopic (exact) mass is 294 g/mol. The fourth-order valence-corrected chi connectivity index (χ4v) is 1.66. The second kappa shape index (κ2) is 6.85. The SMILES string of the molecule is N#CC(N=Nc1ccc([N+](=O)[O-])cc1)C(=O)c1ccccc1. The van der Waals surface area contributed by atoms with Crippen molar-refractivity contribution >= 4 is 17.2 Å². The van der Waals surface area contributed by atoms with Gasteiger partial charge in [-0.1, -0.05) is 30.3 Å². The van der Waals surface area contributed by atoms with Crippen LogP contribution in [-0.4, -0.2) is 16.7 Å². The molecule has 0 bridgehead atoms. The topological polar surface area (TPSA) is 109 Å². The van der Waals surface area contributed by atoms with Gasteiger partial charge in [0, 0.05) is 17.7 Å². The molecule has 2 rings (SSSR count). The quantitative estimate of drug-likeness (QED) is 0.364. The lowest BCUT2D eigenvalue weighted by Crippen LogP contribution is -2.16. The van der Waals surface area contributed by atoms with E-state index in [1.807, 2.05) is 0 Å². The van der Waals surface area contributed by atoms with E-state index in [1.54, 1.807) is 36.4 Å². The number of Topliss-reactive ketones (excluding diaryl/α,β-unsaturated/α-hetero) is 1. The molecule has 22 heavy (non-hydrogen) atoms. The molecule has 0 aliphatic heterocycles. The van der Waals surface area contributed by atoms with Crippen molar-refractivity contribution in [3.63, 3.8) is 0 Å². The summed E-state index contributed by atoms with van der Waals surface area (Å²) in [4.78, 5) is 22.1. The van der Waals surface area contributed by atoms with Gasteiger partial charge in [0.2, 0.25) is 11.8 Å². The van der Waals surface area contributed by atoms with Crippen molar-refractivity contribution in [2.24, 2.45) is 10.2 Å². The van der Waals surface area contributed by atoms with E-state index in [0.29, 0.717) is 11.3 Å². The van der Waals surface area contributed by atoms with Crippen LogP contribution in [0.4, 0.5) is 11.4 Å². The zero-order valence-electron chi connectivity index (χ0n) is 11.3. The molecular weight excluding hydrogens is 284 g/mol. The highest BCUT2D eigenvalue weighted by molar-refractivity contribution is 6.01. The molecule has 0 fully saturated rings. The molecule has 0 aliphatic carbocycles. The van der Waals surface area contributed by atoms with Crippen molar-refractivity contribution < 1.29 is 9.72 Å². The van der Waals surface area contributed by atoms with Crippen LogP contribution in [0.1, 0.15) is 10.4 Å². The highest BCUT2D eigenvalue weighted by atomic mass is 16.6. The number of hydrogen-bond acceptors (Lipinski definition) is 6. The Labute approximate surface area is 125 Å². The number of nitro groups is 1. The van der Waals surface area contributed by atoms with Gasteiger partial charge in [0.15, 0.2) is 0 Å². The molecular formula is C15H10N4O3. The molecule has 2 aromatic rings. The molecule has 1 atom stereocenters. The molecule has 0 radical (unpaired) electrons. The highest BCUT2D eigenvalue weighted by Crippen LogP contribution is 2.19. The lowest BCUT2D eigenvalue weighted by Gasteiger charge is -2.01. The molecule has 0 saturated carbocycles. The zero-order chi connectivity index (χ0) is 15.9. The van der Waals surface area contributed by atoms with E-state index in [-0.39, 0.29) is 5.69 Å². The molecule has 0 spiro atoms. The molecule has 0 aromatic heterocycles. The van der Waals surface area contributed by atoms with E-state index in [2.05, 4.69) is 10.2 Å². The minimum absolute atomic E-state index is 0.0730. The Bertz CT molecular complexity index is 749. The first kappa shape index (κ1) is 15.0. The van der Waals surface area contributed by atoms with E-state index in [4.69, 9.17) is 5.26 Å². The summed E-state index contributed by atoms with van der Waals surface area (Å²) in [6.07, 6.45) is 0. The van der Waals surface area contributed by atoms with Gasteiger partial charge in [-0.15, -0.1) is 0 Å². The van der Waals surface area contributed by atoms with Gasteiger partial charge >= 0.3 is 0 Å². The fraction of sp³-hybridized carbons (Fsp3) is 0.0667. The highest BCUT2D eigenvalue weighted by Gasteiger charge is 2.18. The Hall–Kier alpha value is -3.40. The van der Waals surface area contributed by atoms with Gasteiger partial charge in [-0.2, -0.15) is 15.5 Å². The van der Waals surface area contributed by atoms with Crippen molar-refractivity contribution in [3.8, 4) is 6.07 Å². The van der Waals surface area contributed by atoms with Crippen LogP contribution in [-0.2, 0) is 0 Å². The predicted octanol–water partition coefficient (Wildman–Crippen LogP) is 3.45. The Morgan fingerprint density at radius 1 is 1.14 bits per heavy atom. The number of azo groups is 1. The van der Waals surface area contributed by atoms with Crippen LogP contribution in [0.2, 0.25) is 0 Å². The average Bonchev–Trinajstić information content (AvgIpc) is 2.56. The number of nitriles is 1. The third-order valence-electron chi connectivity index (χ3n) is 2.78. The number of hydrogen-bond donors (Lipinski definition) is 0. The Balaban J connectivity index is 2.14. The largest absolute Gasteiger partial charge is 0.290 e. The molecule has 7 heteroatoms. The fourth-order valence-electron chi connectivity index (χ4n) is 1.66. The lowest BCUT2D eigenvalue weighted by molar-refractivity contribution is -0.384. The standard InChI is InChI=1S/C15H10N4O3/c16-10-14(15(20)11-4-2-1-3-5-11)18-17-12-6-8-13(9-7-12)19(21)22/h1-9,14H. The summed E-state index contributed by atoms with van der Waals surface area (Å²) in [5, 5.41) is 27.1. The molecule has 7 nitrogen and oxygen atoms in total. The number of carbonyl (C=O) groups is 1. The molecule has 0 amide bonds. The zero-order valence-corrected chi connectivity index (χ0v) is 11.3. The summed E-state index contributed by atoms with van der Waals surface area (Å²) in [6.45, 7) is 0. The van der Waals surface area contributed by atoms with Gasteiger partial charge in [0.05, 0.1) is 16.7 Å². The second-order valence-electron chi connectivity index (χ2n) is 4.25. The van der Waals surface area contributed by atoms with Crippen LogP contribution < -0.4 is 0 Å². The summed E-state index contributed by atoms with van der Waals surface area (Å²) in [6, 6.07) is 14.2. The van der Waals surface area contributed by atoms with Crippen LogP contribution in [0.3, 0.4) is 0 Å². The number of non-ortho nitro benzene ring substituents is 1. The molecule has 1 unspecified atom stereocenters. The maximum absolute atomic E-state index is 12.1. The average molecular weight is 294 g/mol. The second-order valence-corrected chi connectivity index (χ2v) is 4.25. The minimum atomic E-state index is -1.25. The number of rotatable bonds is 5. The van der Waals surface area contributed by atoms with Crippen LogP contribution in [0, 0.1) is 21.4 Å². The maximum atomic E-state index is 12.1. The molecule has 0 N–H and O–H groups in total.